The summed E-state index contributed by atoms with van der Waals surface area (Å²) < 4.78 is 7.29. The van der Waals surface area contributed by atoms with Gasteiger partial charge < -0.3 is 15.0 Å². The molecule has 2 aromatic heterocycles. The Morgan fingerprint density at radius 3 is 2.78 bits per heavy atom. The Labute approximate surface area is 163 Å². The highest BCUT2D eigenvalue weighted by atomic mass is 35.5. The first-order chi connectivity index (χ1) is 12.8. The molecule has 0 bridgehead atoms. The first-order valence-corrected chi connectivity index (χ1v) is 8.81. The minimum Gasteiger partial charge on any atom is -0.491 e. The van der Waals surface area contributed by atoms with Gasteiger partial charge in [0.15, 0.2) is 0 Å². The van der Waals surface area contributed by atoms with Crippen molar-refractivity contribution in [3.63, 3.8) is 0 Å². The number of aromatic nitrogens is 3. The molecule has 3 aromatic rings. The number of hydrogen-bond donors (Lipinski definition) is 1. The van der Waals surface area contributed by atoms with E-state index < -0.39 is 0 Å². The maximum atomic E-state index is 11.7. The van der Waals surface area contributed by atoms with Gasteiger partial charge in [0.2, 0.25) is 0 Å². The average molecular weight is 388 g/mol. The third kappa shape index (κ3) is 4.37. The van der Waals surface area contributed by atoms with Gasteiger partial charge in [0.25, 0.3) is 5.56 Å². The first-order valence-electron chi connectivity index (χ1n) is 8.81. The molecule has 1 aromatic carbocycles. The van der Waals surface area contributed by atoms with Crippen LogP contribution < -0.4 is 20.5 Å². The molecule has 27 heavy (non-hydrogen) atoms. The molecule has 0 spiro atoms. The maximum Gasteiger partial charge on any atom is 0.266 e. The molecule has 8 heteroatoms. The number of pyridine rings is 1. The van der Waals surface area contributed by atoms with Crippen LogP contribution in [0.25, 0.3) is 10.9 Å². The summed E-state index contributed by atoms with van der Waals surface area (Å²) in [7, 11) is 0. The molecular weight excluding hydrogens is 366 g/mol. The predicted octanol–water partition coefficient (Wildman–Crippen LogP) is 1.70. The van der Waals surface area contributed by atoms with E-state index in [-0.39, 0.29) is 18.0 Å². The fourth-order valence-electron chi connectivity index (χ4n) is 3.15. The Kier molecular flexibility index (Phi) is 6.26. The number of nitrogens with one attached hydrogen (secondary N) is 1. The van der Waals surface area contributed by atoms with Crippen LogP contribution in [0, 0.1) is 0 Å². The van der Waals surface area contributed by atoms with Crippen LogP contribution in [0.1, 0.15) is 0 Å². The number of hydrogen-bond acceptors (Lipinski definition) is 6. The van der Waals surface area contributed by atoms with E-state index in [0.29, 0.717) is 13.2 Å². The first kappa shape index (κ1) is 19.1. The van der Waals surface area contributed by atoms with Crippen LogP contribution >= 0.6 is 12.4 Å². The second kappa shape index (κ2) is 8.83. The van der Waals surface area contributed by atoms with E-state index in [1.54, 1.807) is 18.5 Å². The zero-order valence-corrected chi connectivity index (χ0v) is 15.7. The summed E-state index contributed by atoms with van der Waals surface area (Å²) in [4.78, 5) is 18.5. The maximum absolute atomic E-state index is 11.7. The molecule has 0 aliphatic carbocycles. The molecular formula is C19H22ClN5O2. The number of fused-ring (bicyclic) bond motifs is 1. The van der Waals surface area contributed by atoms with Crippen molar-refractivity contribution in [2.45, 2.75) is 6.54 Å². The van der Waals surface area contributed by atoms with E-state index >= 15 is 0 Å². The minimum absolute atomic E-state index is 0. The average Bonchev–Trinajstić information content (AvgIpc) is 2.70. The van der Waals surface area contributed by atoms with Gasteiger partial charge in [-0.05, 0) is 30.3 Å². The quantitative estimate of drug-likeness (QED) is 0.718. The Morgan fingerprint density at radius 1 is 1.11 bits per heavy atom. The van der Waals surface area contributed by atoms with Crippen molar-refractivity contribution in [3.05, 3.63) is 59.1 Å². The lowest BCUT2D eigenvalue weighted by atomic mass is 10.1. The van der Waals surface area contributed by atoms with Crippen LogP contribution in [0.3, 0.4) is 0 Å². The van der Waals surface area contributed by atoms with E-state index in [4.69, 9.17) is 4.74 Å². The Balaban J connectivity index is 0.00000210. The van der Waals surface area contributed by atoms with E-state index in [1.807, 2.05) is 6.07 Å². The molecule has 1 saturated heterocycles. The molecule has 0 unspecified atom stereocenters. The topological polar surface area (TPSA) is 72.3 Å². The largest absolute Gasteiger partial charge is 0.491 e. The van der Waals surface area contributed by atoms with Gasteiger partial charge in [-0.15, -0.1) is 12.4 Å². The lowest BCUT2D eigenvalue weighted by Gasteiger charge is -2.29. The van der Waals surface area contributed by atoms with Crippen molar-refractivity contribution in [1.82, 2.24) is 20.1 Å². The van der Waals surface area contributed by atoms with Crippen molar-refractivity contribution >= 4 is 29.0 Å². The van der Waals surface area contributed by atoms with E-state index in [0.717, 1.165) is 42.8 Å². The third-order valence-corrected chi connectivity index (χ3v) is 4.51. The van der Waals surface area contributed by atoms with Crippen molar-refractivity contribution in [2.75, 3.05) is 37.7 Å². The van der Waals surface area contributed by atoms with Gasteiger partial charge in [-0.3, -0.25) is 9.78 Å². The van der Waals surface area contributed by atoms with E-state index in [1.165, 1.54) is 16.4 Å². The summed E-state index contributed by atoms with van der Waals surface area (Å²) in [5.74, 6) is 0.769. The molecule has 142 valence electrons. The number of ether oxygens (including phenoxy) is 1. The lowest BCUT2D eigenvalue weighted by molar-refractivity contribution is 0.290. The van der Waals surface area contributed by atoms with Crippen LogP contribution in [-0.4, -0.2) is 47.6 Å². The van der Waals surface area contributed by atoms with Crippen molar-refractivity contribution in [1.29, 1.82) is 0 Å². The number of rotatable bonds is 5. The van der Waals surface area contributed by atoms with Gasteiger partial charge >= 0.3 is 0 Å². The minimum atomic E-state index is -0.128. The van der Waals surface area contributed by atoms with E-state index in [9.17, 15) is 4.79 Å². The Hall–Kier alpha value is -2.64. The van der Waals surface area contributed by atoms with E-state index in [2.05, 4.69) is 38.5 Å². The molecule has 0 radical (unpaired) electrons. The fraction of sp³-hybridized carbons (Fsp3) is 0.316. The molecule has 7 nitrogen and oxygen atoms in total. The molecule has 3 heterocycles. The van der Waals surface area contributed by atoms with Crippen LogP contribution in [0.5, 0.6) is 5.75 Å². The SMILES string of the molecule is Cl.O=c1cccnn1CCOc1ccnc2cc(N3CCNCC3)ccc12. The number of benzene rings is 1. The Bertz CT molecular complexity index is 956. The van der Waals surface area contributed by atoms with Gasteiger partial charge in [0.05, 0.1) is 12.1 Å². The molecule has 1 fully saturated rings. The zero-order chi connectivity index (χ0) is 17.8. The van der Waals surface area contributed by atoms with Crippen LogP contribution in [0.15, 0.2) is 53.6 Å². The highest BCUT2D eigenvalue weighted by Crippen LogP contribution is 2.28. The number of piperazine rings is 1. The fourth-order valence-corrected chi connectivity index (χ4v) is 3.15. The molecule has 1 aliphatic heterocycles. The van der Waals surface area contributed by atoms with Crippen molar-refractivity contribution in [3.8, 4) is 5.75 Å². The van der Waals surface area contributed by atoms with Crippen LogP contribution in [-0.2, 0) is 6.54 Å². The molecule has 1 N–H and O–H groups in total. The summed E-state index contributed by atoms with van der Waals surface area (Å²) in [5.41, 5.74) is 1.97. The second-order valence-electron chi connectivity index (χ2n) is 6.18. The molecule has 4 rings (SSSR count). The van der Waals surface area contributed by atoms with Crippen molar-refractivity contribution < 1.29 is 4.74 Å². The highest BCUT2D eigenvalue weighted by Gasteiger charge is 2.12. The number of anilines is 1. The van der Waals surface area contributed by atoms with Gasteiger partial charge in [-0.1, -0.05) is 0 Å². The predicted molar refractivity (Wildman–Crippen MR) is 108 cm³/mol. The molecule has 1 aliphatic rings. The summed E-state index contributed by atoms with van der Waals surface area (Å²) >= 11 is 0. The lowest BCUT2D eigenvalue weighted by Crippen LogP contribution is -2.43. The third-order valence-electron chi connectivity index (χ3n) is 4.51. The Morgan fingerprint density at radius 2 is 1.96 bits per heavy atom. The normalized spacial score (nSPS) is 14.0. The molecule has 0 saturated carbocycles. The smallest absolute Gasteiger partial charge is 0.266 e. The zero-order valence-electron chi connectivity index (χ0n) is 14.9. The second-order valence-corrected chi connectivity index (χ2v) is 6.18. The number of nitrogens with zero attached hydrogens (tertiary/aromatic N) is 4. The van der Waals surface area contributed by atoms with Gasteiger partial charge in [-0.2, -0.15) is 5.10 Å². The monoisotopic (exact) mass is 387 g/mol. The van der Waals surface area contributed by atoms with Gasteiger partial charge in [0.1, 0.15) is 12.4 Å². The van der Waals surface area contributed by atoms with Crippen LogP contribution in [0.2, 0.25) is 0 Å². The summed E-state index contributed by atoms with van der Waals surface area (Å²) in [6.07, 6.45) is 3.35. The summed E-state index contributed by atoms with van der Waals surface area (Å²) in [6.45, 7) is 4.78. The summed E-state index contributed by atoms with van der Waals surface area (Å²) in [5, 5.41) is 8.37. The summed E-state index contributed by atoms with van der Waals surface area (Å²) in [6, 6.07) is 11.3. The molecule has 0 atom stereocenters. The van der Waals surface area contributed by atoms with Gasteiger partial charge in [0, 0.05) is 55.7 Å². The van der Waals surface area contributed by atoms with Crippen molar-refractivity contribution in [2.24, 2.45) is 0 Å². The highest BCUT2D eigenvalue weighted by molar-refractivity contribution is 5.87. The standard InChI is InChI=1S/C19H21N5O2.ClH/c25-19-2-1-6-22-24(19)12-13-26-18-5-7-21-17-14-15(3-4-16(17)18)23-10-8-20-9-11-23;/h1-7,14,20H,8-13H2;1H. The van der Waals surface area contributed by atoms with Crippen LogP contribution in [0.4, 0.5) is 5.69 Å². The van der Waals surface area contributed by atoms with Gasteiger partial charge in [-0.25, -0.2) is 4.68 Å². The molecule has 0 amide bonds. The number of halogens is 1.